The number of rotatable bonds is 4. The number of benzene rings is 1. The molecule has 0 radical (unpaired) electrons. The highest BCUT2D eigenvalue weighted by Gasteiger charge is 2.46. The van der Waals surface area contributed by atoms with E-state index >= 15 is 0 Å². The number of hydrogen-bond donors (Lipinski definition) is 1. The second-order valence-corrected chi connectivity index (χ2v) is 7.51. The lowest BCUT2D eigenvalue weighted by Crippen LogP contribution is -2.29. The number of likely N-dealkylation sites (tertiary alicyclic amines) is 1. The van der Waals surface area contributed by atoms with Gasteiger partial charge in [0.25, 0.3) is 11.7 Å². The molecule has 1 aliphatic rings. The Labute approximate surface area is 182 Å². The fourth-order valence-corrected chi connectivity index (χ4v) is 3.71. The maximum atomic E-state index is 13.0. The molecule has 0 spiro atoms. The summed E-state index contributed by atoms with van der Waals surface area (Å²) in [5, 5.41) is 11.5. The summed E-state index contributed by atoms with van der Waals surface area (Å²) in [4.78, 5) is 35.4. The molecule has 1 fully saturated rings. The number of aliphatic hydroxyl groups is 1. The van der Waals surface area contributed by atoms with E-state index < -0.39 is 17.7 Å². The molecule has 1 unspecified atom stereocenters. The summed E-state index contributed by atoms with van der Waals surface area (Å²) in [5.74, 6) is -1.80. The standard InChI is InChI=1S/C22H15Cl2N3O3/c23-16-4-3-14(10-17(16)24)20(28)18-19(15-2-1-7-26-11-15)27(22(30)21(18)29)12-13-5-8-25-9-6-13/h1-11,19,28H,12H2/b20-18-. The fourth-order valence-electron chi connectivity index (χ4n) is 3.41. The third-order valence-electron chi connectivity index (χ3n) is 4.84. The highest BCUT2D eigenvalue weighted by atomic mass is 35.5. The molecule has 1 N–H and O–H groups in total. The van der Waals surface area contributed by atoms with Gasteiger partial charge in [-0.25, -0.2) is 0 Å². The molecular formula is C22H15Cl2N3O3. The van der Waals surface area contributed by atoms with Gasteiger partial charge < -0.3 is 10.0 Å². The Morgan fingerprint density at radius 1 is 1.00 bits per heavy atom. The van der Waals surface area contributed by atoms with Crippen molar-refractivity contribution in [1.29, 1.82) is 0 Å². The summed E-state index contributed by atoms with van der Waals surface area (Å²) < 4.78 is 0. The molecule has 8 heteroatoms. The minimum atomic E-state index is -0.804. The van der Waals surface area contributed by atoms with E-state index in [0.717, 1.165) is 5.56 Å². The summed E-state index contributed by atoms with van der Waals surface area (Å²) in [7, 11) is 0. The number of ketones is 1. The minimum Gasteiger partial charge on any atom is -0.507 e. The first-order chi connectivity index (χ1) is 14.5. The van der Waals surface area contributed by atoms with Crippen molar-refractivity contribution in [3.8, 4) is 0 Å². The predicted molar refractivity (Wildman–Crippen MR) is 113 cm³/mol. The molecule has 1 aromatic carbocycles. The zero-order chi connectivity index (χ0) is 21.3. The summed E-state index contributed by atoms with van der Waals surface area (Å²) >= 11 is 12.0. The average molecular weight is 440 g/mol. The smallest absolute Gasteiger partial charge is 0.295 e. The van der Waals surface area contributed by atoms with E-state index in [0.29, 0.717) is 16.1 Å². The van der Waals surface area contributed by atoms with Gasteiger partial charge in [-0.3, -0.25) is 19.6 Å². The van der Waals surface area contributed by atoms with Crippen LogP contribution in [0.4, 0.5) is 0 Å². The van der Waals surface area contributed by atoms with Crippen molar-refractivity contribution in [2.75, 3.05) is 0 Å². The average Bonchev–Trinajstić information content (AvgIpc) is 3.01. The molecule has 3 heterocycles. The van der Waals surface area contributed by atoms with Gasteiger partial charge in [0, 0.05) is 36.9 Å². The molecule has 1 amide bonds. The monoisotopic (exact) mass is 439 g/mol. The SMILES string of the molecule is O=C1C(=O)N(Cc2ccncc2)C(c2cccnc2)/C1=C(/O)c1ccc(Cl)c(Cl)c1. The second-order valence-electron chi connectivity index (χ2n) is 6.70. The number of halogens is 2. The molecule has 6 nitrogen and oxygen atoms in total. The van der Waals surface area contributed by atoms with Gasteiger partial charge in [0.1, 0.15) is 5.76 Å². The van der Waals surface area contributed by atoms with Gasteiger partial charge >= 0.3 is 0 Å². The van der Waals surface area contributed by atoms with Gasteiger partial charge in [-0.15, -0.1) is 0 Å². The van der Waals surface area contributed by atoms with E-state index in [1.807, 2.05) is 0 Å². The van der Waals surface area contributed by atoms with Gasteiger partial charge in [0.05, 0.1) is 21.7 Å². The molecule has 4 rings (SSSR count). The molecule has 150 valence electrons. The van der Waals surface area contributed by atoms with E-state index in [1.54, 1.807) is 55.1 Å². The molecule has 3 aromatic rings. The lowest BCUT2D eigenvalue weighted by molar-refractivity contribution is -0.140. The third kappa shape index (κ3) is 3.67. The number of aromatic nitrogens is 2. The lowest BCUT2D eigenvalue weighted by Gasteiger charge is -2.25. The Morgan fingerprint density at radius 3 is 2.43 bits per heavy atom. The molecule has 2 aromatic heterocycles. The maximum Gasteiger partial charge on any atom is 0.295 e. The first-order valence-corrected chi connectivity index (χ1v) is 9.75. The van der Waals surface area contributed by atoms with Gasteiger partial charge in [0.15, 0.2) is 0 Å². The minimum absolute atomic E-state index is 0.0274. The molecule has 1 saturated heterocycles. The second kappa shape index (κ2) is 8.26. The zero-order valence-electron chi connectivity index (χ0n) is 15.5. The number of carbonyl (C=O) groups excluding carboxylic acids is 2. The number of carbonyl (C=O) groups is 2. The van der Waals surface area contributed by atoms with Crippen LogP contribution in [0.25, 0.3) is 5.76 Å². The number of nitrogens with zero attached hydrogens (tertiary/aromatic N) is 3. The summed E-state index contributed by atoms with van der Waals surface area (Å²) in [6.45, 7) is 0.171. The first-order valence-electron chi connectivity index (χ1n) is 9.00. The van der Waals surface area contributed by atoms with Crippen LogP contribution in [0.1, 0.15) is 22.7 Å². The van der Waals surface area contributed by atoms with Crippen LogP contribution in [-0.4, -0.2) is 31.7 Å². The molecular weight excluding hydrogens is 425 g/mol. The van der Waals surface area contributed by atoms with Crippen molar-refractivity contribution in [1.82, 2.24) is 14.9 Å². The van der Waals surface area contributed by atoms with Crippen molar-refractivity contribution >= 4 is 40.7 Å². The van der Waals surface area contributed by atoms with Crippen LogP contribution in [0.3, 0.4) is 0 Å². The molecule has 30 heavy (non-hydrogen) atoms. The Balaban J connectivity index is 1.86. The van der Waals surface area contributed by atoms with E-state index in [2.05, 4.69) is 9.97 Å². The number of pyridine rings is 2. The Bertz CT molecular complexity index is 1150. The van der Waals surface area contributed by atoms with E-state index in [1.165, 1.54) is 17.0 Å². The largest absolute Gasteiger partial charge is 0.507 e. The molecule has 0 aliphatic carbocycles. The van der Waals surface area contributed by atoms with Crippen LogP contribution >= 0.6 is 23.2 Å². The van der Waals surface area contributed by atoms with Crippen molar-refractivity contribution in [3.63, 3.8) is 0 Å². The number of Topliss-reactive ketones (excluding diaryl/α,β-unsaturated/α-hetero) is 1. The van der Waals surface area contributed by atoms with Crippen LogP contribution in [-0.2, 0) is 16.1 Å². The van der Waals surface area contributed by atoms with Gasteiger partial charge in [-0.1, -0.05) is 29.3 Å². The van der Waals surface area contributed by atoms with Gasteiger partial charge in [0.2, 0.25) is 0 Å². The Hall–Kier alpha value is -3.22. The van der Waals surface area contributed by atoms with E-state index in [-0.39, 0.29) is 22.9 Å². The van der Waals surface area contributed by atoms with Crippen LogP contribution in [0.5, 0.6) is 0 Å². The van der Waals surface area contributed by atoms with Crippen molar-refractivity contribution in [2.24, 2.45) is 0 Å². The normalized spacial score (nSPS) is 18.1. The van der Waals surface area contributed by atoms with E-state index in [4.69, 9.17) is 23.2 Å². The molecule has 1 aliphatic heterocycles. The quantitative estimate of drug-likeness (QED) is 0.369. The highest BCUT2D eigenvalue weighted by molar-refractivity contribution is 6.46. The Morgan fingerprint density at radius 2 is 1.77 bits per heavy atom. The van der Waals surface area contributed by atoms with Crippen LogP contribution < -0.4 is 0 Å². The van der Waals surface area contributed by atoms with E-state index in [9.17, 15) is 14.7 Å². The summed E-state index contributed by atoms with van der Waals surface area (Å²) in [6.07, 6.45) is 6.39. The third-order valence-corrected chi connectivity index (χ3v) is 5.57. The number of hydrogen-bond acceptors (Lipinski definition) is 5. The first kappa shape index (κ1) is 20.1. The van der Waals surface area contributed by atoms with Gasteiger partial charge in [-0.05, 0) is 47.5 Å². The molecule has 0 bridgehead atoms. The fraction of sp³-hybridized carbons (Fsp3) is 0.0909. The zero-order valence-corrected chi connectivity index (χ0v) is 17.0. The summed E-state index contributed by atoms with van der Waals surface area (Å²) in [5.41, 5.74) is 1.67. The topological polar surface area (TPSA) is 83.4 Å². The Kier molecular flexibility index (Phi) is 5.53. The highest BCUT2D eigenvalue weighted by Crippen LogP contribution is 2.40. The van der Waals surface area contributed by atoms with Crippen LogP contribution in [0.15, 0.2) is 72.8 Å². The van der Waals surface area contributed by atoms with Crippen molar-refractivity contribution < 1.29 is 14.7 Å². The van der Waals surface area contributed by atoms with Gasteiger partial charge in [-0.2, -0.15) is 0 Å². The molecule has 1 atom stereocenters. The maximum absolute atomic E-state index is 13.0. The number of amides is 1. The van der Waals surface area contributed by atoms with Crippen molar-refractivity contribution in [2.45, 2.75) is 12.6 Å². The van der Waals surface area contributed by atoms with Crippen molar-refractivity contribution in [3.05, 3.63) is 99.6 Å². The lowest BCUT2D eigenvalue weighted by atomic mass is 9.96. The van der Waals surface area contributed by atoms with Crippen LogP contribution in [0, 0.1) is 0 Å². The van der Waals surface area contributed by atoms with Crippen LogP contribution in [0.2, 0.25) is 10.0 Å². The number of aliphatic hydroxyl groups excluding tert-OH is 1. The molecule has 0 saturated carbocycles. The predicted octanol–water partition coefficient (Wildman–Crippen LogP) is 4.41. The summed E-state index contributed by atoms with van der Waals surface area (Å²) in [6, 6.07) is 10.7.